The van der Waals surface area contributed by atoms with Gasteiger partial charge in [-0.3, -0.25) is 22.3 Å². The van der Waals surface area contributed by atoms with Gasteiger partial charge in [0.05, 0.1) is 18.8 Å². The smallest absolute Gasteiger partial charge is 0.320 e. The van der Waals surface area contributed by atoms with Crippen LogP contribution in [0.3, 0.4) is 0 Å². The molecule has 37 heavy (non-hydrogen) atoms. The summed E-state index contributed by atoms with van der Waals surface area (Å²) in [7, 11) is -9.07. The number of nitrogens with two attached hydrogens (primary N) is 2. The summed E-state index contributed by atoms with van der Waals surface area (Å²) >= 11 is 0. The maximum absolute atomic E-state index is 10.8. The Kier molecular flexibility index (Phi) is 12.0. The van der Waals surface area contributed by atoms with E-state index >= 15 is 0 Å². The minimum Gasteiger partial charge on any atom is -0.759 e. The van der Waals surface area contributed by atoms with Gasteiger partial charge in [0.1, 0.15) is 47.7 Å². The number of rotatable bonds is 7. The average molecular weight is 592 g/mol. The molecule has 8 N–H and O–H groups in total. The molecule has 1 saturated heterocycles. The van der Waals surface area contributed by atoms with Crippen molar-refractivity contribution in [3.05, 3.63) is 12.7 Å². The number of carboxylic acid groups (broad SMARTS) is 1. The summed E-state index contributed by atoms with van der Waals surface area (Å²) in [5.41, 5.74) is 12.1. The maximum atomic E-state index is 10.8. The van der Waals surface area contributed by atoms with E-state index in [1.807, 2.05) is 6.26 Å². The highest BCUT2D eigenvalue weighted by Gasteiger charge is 2.46. The van der Waals surface area contributed by atoms with Crippen LogP contribution in [0.4, 0.5) is 5.82 Å². The number of aliphatic hydroxyl groups excluding tert-OH is 2. The van der Waals surface area contributed by atoms with Gasteiger partial charge in [-0.1, -0.05) is 0 Å². The summed E-state index contributed by atoms with van der Waals surface area (Å²) in [6, 6.07) is -0.907. The number of nitrogen functional groups attached to an aromatic ring is 1. The normalized spacial score (nSPS) is 23.4. The van der Waals surface area contributed by atoms with Gasteiger partial charge in [-0.05, 0) is 10.9 Å². The van der Waals surface area contributed by atoms with E-state index in [9.17, 15) is 23.4 Å². The lowest BCUT2D eigenvalue weighted by Crippen LogP contribution is -2.37. The molecule has 0 spiro atoms. The lowest BCUT2D eigenvalue weighted by atomic mass is 10.1. The molecule has 0 aromatic carbocycles. The van der Waals surface area contributed by atoms with Crippen molar-refractivity contribution in [3.63, 3.8) is 0 Å². The van der Waals surface area contributed by atoms with Gasteiger partial charge < -0.3 is 40.6 Å². The zero-order chi connectivity index (χ0) is 28.7. The Balaban J connectivity index is 0.000000583. The van der Waals surface area contributed by atoms with Crippen molar-refractivity contribution in [1.29, 1.82) is 0 Å². The van der Waals surface area contributed by atoms with E-state index in [1.165, 1.54) is 17.2 Å². The van der Waals surface area contributed by atoms with Crippen LogP contribution in [0.5, 0.6) is 0 Å². The zero-order valence-electron chi connectivity index (χ0n) is 19.4. The third-order valence-electron chi connectivity index (χ3n) is 4.54. The van der Waals surface area contributed by atoms with Gasteiger partial charge in [-0.15, -0.1) is 0 Å². The van der Waals surface area contributed by atoms with Gasteiger partial charge >= 0.3 is 5.97 Å². The number of hydrogen-bond acceptors (Lipinski definition) is 15. The average Bonchev–Trinajstić information content (AvgIpc) is 3.27. The Labute approximate surface area is 214 Å². The summed E-state index contributed by atoms with van der Waals surface area (Å²) in [4.78, 5) is 23.0. The van der Waals surface area contributed by atoms with E-state index in [1.54, 1.807) is 0 Å². The Bertz CT molecular complexity index is 1210. The van der Waals surface area contributed by atoms with Crippen molar-refractivity contribution in [3.8, 4) is 0 Å². The van der Waals surface area contributed by atoms with Crippen LogP contribution in [0.2, 0.25) is 0 Å². The number of carbonyl (C=O) groups is 1. The lowest BCUT2D eigenvalue weighted by molar-refractivity contribution is -0.138. The fraction of sp³-hybridized carbons (Fsp3) is 0.625. The molecule has 18 nitrogen and oxygen atoms in total. The molecule has 6 atom stereocenters. The van der Waals surface area contributed by atoms with Crippen LogP contribution in [-0.4, -0.2) is 120 Å². The van der Waals surface area contributed by atoms with Gasteiger partial charge in [0.15, 0.2) is 17.7 Å². The van der Waals surface area contributed by atoms with E-state index in [0.29, 0.717) is 35.3 Å². The number of imidazole rings is 1. The molecule has 0 saturated carbocycles. The molecule has 3 heterocycles. The van der Waals surface area contributed by atoms with Gasteiger partial charge in [-0.25, -0.2) is 15.0 Å². The third kappa shape index (κ3) is 11.8. The van der Waals surface area contributed by atoms with E-state index in [-0.39, 0.29) is 16.7 Å². The molecule has 0 aliphatic carbocycles. The zero-order valence-corrected chi connectivity index (χ0v) is 21.8. The lowest BCUT2D eigenvalue weighted by Gasteiger charge is -2.16. The first kappa shape index (κ1) is 32.8. The van der Waals surface area contributed by atoms with Crippen LogP contribution in [-0.2, 0) is 40.9 Å². The molecule has 2 aromatic rings. The number of fused-ring (bicyclic) bond motifs is 1. The van der Waals surface area contributed by atoms with Gasteiger partial charge in [0, 0.05) is 16.8 Å². The predicted octanol–water partition coefficient (Wildman–Crippen LogP) is -3.76. The Hall–Kier alpha value is -2.21. The van der Waals surface area contributed by atoms with E-state index in [0.717, 1.165) is 0 Å². The van der Waals surface area contributed by atoms with Gasteiger partial charge in [-0.2, -0.15) is 8.42 Å². The topological polar surface area (TPSA) is 317 Å². The minimum atomic E-state index is -5.17. The molecule has 1 unspecified atom stereocenters. The standard InChI is InChI=1S/C15H22N6O5S.CH4O3S.H2O4S/c1-27(3-2-7(16)15(24)25)4-8-10(22)11(23)14(26-8)21-6-20-9-12(17)18-5-19-13(9)21;2*1-5(2,3)4/h5-8,10-11,14,22-23H,2-4,16H2,1H3,(H2-,17,18,19,24,25);1H3,(H,2,3,4);(H2,1,2,3,4)/p-1/t7-,8+,10+,11+,14+,27?;;/m0../s1. The van der Waals surface area contributed by atoms with Crippen molar-refractivity contribution in [2.45, 2.75) is 37.0 Å². The second-order valence-corrected chi connectivity index (χ2v) is 12.2. The van der Waals surface area contributed by atoms with Crippen LogP contribution in [0.1, 0.15) is 12.6 Å². The Morgan fingerprint density at radius 3 is 2.27 bits per heavy atom. The Morgan fingerprint density at radius 2 is 1.76 bits per heavy atom. The van der Waals surface area contributed by atoms with Gasteiger partial charge in [0.2, 0.25) is 0 Å². The monoisotopic (exact) mass is 591 g/mol. The van der Waals surface area contributed by atoms with E-state index in [4.69, 9.17) is 43.4 Å². The van der Waals surface area contributed by atoms with Crippen molar-refractivity contribution >= 4 is 54.4 Å². The largest absolute Gasteiger partial charge is 0.759 e. The van der Waals surface area contributed by atoms with E-state index in [2.05, 4.69) is 15.0 Å². The molecule has 1 aliphatic heterocycles. The van der Waals surface area contributed by atoms with Crippen LogP contribution in [0, 0.1) is 0 Å². The van der Waals surface area contributed by atoms with Crippen molar-refractivity contribution in [2.75, 3.05) is 29.8 Å². The molecule has 21 heteroatoms. The predicted molar refractivity (Wildman–Crippen MR) is 127 cm³/mol. The number of aromatic nitrogens is 4. The molecular weight excluding hydrogens is 564 g/mol. The number of aliphatic hydroxyl groups is 2. The minimum absolute atomic E-state index is 0.216. The van der Waals surface area contributed by atoms with Crippen molar-refractivity contribution in [2.24, 2.45) is 5.73 Å². The summed E-state index contributed by atoms with van der Waals surface area (Å²) in [5, 5.41) is 29.7. The first-order valence-electron chi connectivity index (χ1n) is 9.90. The molecule has 1 aliphatic rings. The first-order valence-corrected chi connectivity index (χ1v) is 15.1. The van der Waals surface area contributed by atoms with Gasteiger partial charge in [0.25, 0.3) is 10.1 Å². The third-order valence-corrected chi connectivity index (χ3v) is 6.37. The second kappa shape index (κ2) is 13.5. The number of anilines is 1. The molecule has 2 aromatic heterocycles. The number of nitrogens with zero attached hydrogens (tertiary/aromatic N) is 4. The van der Waals surface area contributed by atoms with Crippen LogP contribution in [0.25, 0.3) is 11.2 Å². The molecule has 212 valence electrons. The highest BCUT2D eigenvalue weighted by atomic mass is 32.3. The van der Waals surface area contributed by atoms with Crippen molar-refractivity contribution < 1.29 is 55.3 Å². The number of carboxylic acids is 1. The molecular formula is C16H27N6O12S3-. The number of hydrogen-bond donors (Lipinski definition) is 6. The second-order valence-electron chi connectivity index (χ2n) is 7.66. The summed E-state index contributed by atoms with van der Waals surface area (Å²) in [6.07, 6.45) is 2.02. The summed E-state index contributed by atoms with van der Waals surface area (Å²) < 4.78 is 67.4. The number of ether oxygens (including phenoxy) is 1. The van der Waals surface area contributed by atoms with E-state index < -0.39 is 57.1 Å². The van der Waals surface area contributed by atoms with Crippen LogP contribution >= 0.6 is 0 Å². The number of aliphatic carboxylic acids is 1. The molecule has 3 rings (SSSR count). The highest BCUT2D eigenvalue weighted by molar-refractivity contribution is 7.96. The SMILES string of the molecule is CS(=O)(=O)O.C[S+](CC[C@H](N)C(=O)O)C[C@H]1O[C@@H](n2cnc3c(N)ncnc32)[C@H](O)[C@@H]1O.O=S(=O)([O-])[O-]. The maximum Gasteiger partial charge on any atom is 0.320 e. The molecule has 0 radical (unpaired) electrons. The van der Waals surface area contributed by atoms with Crippen LogP contribution in [0.15, 0.2) is 12.7 Å². The molecule has 1 fully saturated rings. The molecule has 0 bridgehead atoms. The van der Waals surface area contributed by atoms with Crippen molar-refractivity contribution in [1.82, 2.24) is 19.5 Å². The summed E-state index contributed by atoms with van der Waals surface area (Å²) in [6.45, 7) is 0. The summed E-state index contributed by atoms with van der Waals surface area (Å²) in [5.74, 6) is 0.254. The quantitative estimate of drug-likeness (QED) is 0.102. The fourth-order valence-electron chi connectivity index (χ4n) is 2.97. The fourth-order valence-corrected chi connectivity index (χ4v) is 4.63. The first-order chi connectivity index (χ1) is 16.8. The Morgan fingerprint density at radius 1 is 1.22 bits per heavy atom. The highest BCUT2D eigenvalue weighted by Crippen LogP contribution is 2.32. The molecule has 0 amide bonds. The van der Waals surface area contributed by atoms with Crippen LogP contribution < -0.4 is 11.5 Å².